The third-order valence-corrected chi connectivity index (χ3v) is 0.461. The first-order chi connectivity index (χ1) is 2.64. The molecule has 3 heteroatoms. The molecule has 0 amide bonds. The first-order valence-electron chi connectivity index (χ1n) is 1.72. The Bertz CT molecular complexity index is 31.8. The SMILES string of the molecule is CC(O)C(N)F. The molecule has 2 unspecified atom stereocenters. The number of nitrogens with two attached hydrogens (primary N) is 1. The zero-order valence-corrected chi connectivity index (χ0v) is 3.56. The number of aliphatic hydroxyl groups is 1. The molecule has 0 aliphatic carbocycles. The van der Waals surface area contributed by atoms with Crippen molar-refractivity contribution in [3.63, 3.8) is 0 Å². The Balaban J connectivity index is 2.99. The Labute approximate surface area is 35.8 Å². The molecule has 0 radical (unpaired) electrons. The molecule has 6 heavy (non-hydrogen) atoms. The molecule has 2 nitrogen and oxygen atoms in total. The molecule has 0 saturated heterocycles. The second kappa shape index (κ2) is 2.10. The van der Waals surface area contributed by atoms with Crippen LogP contribution in [0.25, 0.3) is 0 Å². The van der Waals surface area contributed by atoms with Gasteiger partial charge in [-0.2, -0.15) is 0 Å². The number of hydrogen-bond donors (Lipinski definition) is 2. The molecule has 0 aromatic rings. The first kappa shape index (κ1) is 5.85. The maximum absolute atomic E-state index is 11.4. The second-order valence-corrected chi connectivity index (χ2v) is 1.19. The lowest BCUT2D eigenvalue weighted by Crippen LogP contribution is -2.26. The van der Waals surface area contributed by atoms with Gasteiger partial charge in [0, 0.05) is 0 Å². The predicted molar refractivity (Wildman–Crippen MR) is 20.8 cm³/mol. The molecule has 38 valence electrons. The van der Waals surface area contributed by atoms with Crippen LogP contribution in [0.5, 0.6) is 0 Å². The normalized spacial score (nSPS) is 20.0. The Morgan fingerprint density at radius 3 is 2.00 bits per heavy atom. The number of aliphatic hydroxyl groups excluding tert-OH is 1. The highest BCUT2D eigenvalue weighted by atomic mass is 19.1. The molecule has 0 aliphatic heterocycles. The zero-order valence-electron chi connectivity index (χ0n) is 3.56. The van der Waals surface area contributed by atoms with Crippen molar-refractivity contribution in [3.8, 4) is 0 Å². The van der Waals surface area contributed by atoms with Crippen molar-refractivity contribution in [1.82, 2.24) is 0 Å². The summed E-state index contributed by atoms with van der Waals surface area (Å²) in [7, 11) is 0. The van der Waals surface area contributed by atoms with Gasteiger partial charge in [-0.3, -0.25) is 5.73 Å². The van der Waals surface area contributed by atoms with Crippen LogP contribution in [0.15, 0.2) is 0 Å². The van der Waals surface area contributed by atoms with Crippen molar-refractivity contribution < 1.29 is 9.50 Å². The van der Waals surface area contributed by atoms with Gasteiger partial charge in [-0.05, 0) is 6.92 Å². The predicted octanol–water partition coefficient (Wildman–Crippen LogP) is -0.379. The molecule has 3 N–H and O–H groups in total. The van der Waals surface area contributed by atoms with Crippen molar-refractivity contribution in [2.45, 2.75) is 19.3 Å². The van der Waals surface area contributed by atoms with E-state index in [0.29, 0.717) is 0 Å². The lowest BCUT2D eigenvalue weighted by atomic mass is 10.4. The lowest BCUT2D eigenvalue weighted by Gasteiger charge is -2.00. The molecular weight excluding hydrogens is 85.0 g/mol. The van der Waals surface area contributed by atoms with E-state index in [9.17, 15) is 4.39 Å². The van der Waals surface area contributed by atoms with Gasteiger partial charge in [0.25, 0.3) is 0 Å². The van der Waals surface area contributed by atoms with Gasteiger partial charge in [-0.1, -0.05) is 0 Å². The summed E-state index contributed by atoms with van der Waals surface area (Å²) in [5.74, 6) is 0. The lowest BCUT2D eigenvalue weighted by molar-refractivity contribution is 0.0970. The zero-order chi connectivity index (χ0) is 5.15. The van der Waals surface area contributed by atoms with Crippen LogP contribution in [0.1, 0.15) is 6.92 Å². The molecule has 2 atom stereocenters. The van der Waals surface area contributed by atoms with Crippen molar-refractivity contribution in [2.75, 3.05) is 0 Å². The minimum absolute atomic E-state index is 1.04. The molecule has 0 saturated carbocycles. The number of hydrogen-bond acceptors (Lipinski definition) is 2. The summed E-state index contributed by atoms with van der Waals surface area (Å²) in [6.07, 6.45) is -2.63. The smallest absolute Gasteiger partial charge is 0.174 e. The van der Waals surface area contributed by atoms with Gasteiger partial charge in [0.05, 0.1) is 6.10 Å². The van der Waals surface area contributed by atoms with Gasteiger partial charge in [0.1, 0.15) is 0 Å². The van der Waals surface area contributed by atoms with Crippen LogP contribution in [0.2, 0.25) is 0 Å². The topological polar surface area (TPSA) is 46.2 Å². The number of halogens is 1. The molecular formula is C3H8FNO. The number of rotatable bonds is 1. The summed E-state index contributed by atoms with van der Waals surface area (Å²) in [5, 5.41) is 8.13. The fourth-order valence-corrected chi connectivity index (χ4v) is 0. The Morgan fingerprint density at radius 1 is 1.83 bits per heavy atom. The third-order valence-electron chi connectivity index (χ3n) is 0.461. The average molecular weight is 93.1 g/mol. The molecule has 0 aromatic heterocycles. The summed E-state index contributed by atoms with van der Waals surface area (Å²) in [5.41, 5.74) is 4.52. The van der Waals surface area contributed by atoms with E-state index in [-0.39, 0.29) is 0 Å². The fourth-order valence-electron chi connectivity index (χ4n) is 0. The summed E-state index contributed by atoms with van der Waals surface area (Å²) in [6.45, 7) is 1.30. The highest BCUT2D eigenvalue weighted by Gasteiger charge is 2.03. The van der Waals surface area contributed by atoms with Crippen LogP contribution in [-0.2, 0) is 0 Å². The van der Waals surface area contributed by atoms with Crippen LogP contribution >= 0.6 is 0 Å². The van der Waals surface area contributed by atoms with Crippen molar-refractivity contribution >= 4 is 0 Å². The Hall–Kier alpha value is -0.150. The monoisotopic (exact) mass is 93.1 g/mol. The number of alkyl halides is 1. The average Bonchev–Trinajstić information content (AvgIpc) is 1.36. The largest absolute Gasteiger partial charge is 0.389 e. The van der Waals surface area contributed by atoms with Crippen LogP contribution < -0.4 is 5.73 Å². The van der Waals surface area contributed by atoms with Crippen molar-refractivity contribution in [3.05, 3.63) is 0 Å². The summed E-state index contributed by atoms with van der Waals surface area (Å²) >= 11 is 0. The van der Waals surface area contributed by atoms with Crippen molar-refractivity contribution in [1.29, 1.82) is 0 Å². The standard InChI is InChI=1S/C3H8FNO/c1-2(6)3(4)5/h2-3,6H,5H2,1H3. The third kappa shape index (κ3) is 2.11. The van der Waals surface area contributed by atoms with E-state index in [1.807, 2.05) is 0 Å². The van der Waals surface area contributed by atoms with Crippen LogP contribution in [0, 0.1) is 0 Å². The Kier molecular flexibility index (Phi) is 2.05. The molecule has 0 fully saturated rings. The van der Waals surface area contributed by atoms with Gasteiger partial charge < -0.3 is 5.11 Å². The summed E-state index contributed by atoms with van der Waals surface area (Å²) < 4.78 is 11.4. The van der Waals surface area contributed by atoms with Gasteiger partial charge in [-0.25, -0.2) is 4.39 Å². The van der Waals surface area contributed by atoms with Crippen LogP contribution in [-0.4, -0.2) is 17.5 Å². The highest BCUT2D eigenvalue weighted by molar-refractivity contribution is 4.49. The van der Waals surface area contributed by atoms with E-state index in [4.69, 9.17) is 5.11 Å². The molecule has 0 aliphatic rings. The van der Waals surface area contributed by atoms with E-state index in [2.05, 4.69) is 5.73 Å². The first-order valence-corrected chi connectivity index (χ1v) is 1.72. The summed E-state index contributed by atoms with van der Waals surface area (Å²) in [4.78, 5) is 0. The van der Waals surface area contributed by atoms with Crippen molar-refractivity contribution in [2.24, 2.45) is 5.73 Å². The van der Waals surface area contributed by atoms with E-state index in [1.165, 1.54) is 6.92 Å². The quantitative estimate of drug-likeness (QED) is 0.434. The summed E-state index contributed by atoms with van der Waals surface area (Å²) in [6, 6.07) is 0. The molecule has 0 rings (SSSR count). The fraction of sp³-hybridized carbons (Fsp3) is 1.00. The molecule has 0 heterocycles. The maximum Gasteiger partial charge on any atom is 0.174 e. The van der Waals surface area contributed by atoms with Gasteiger partial charge >= 0.3 is 0 Å². The van der Waals surface area contributed by atoms with Gasteiger partial charge in [0.15, 0.2) is 6.30 Å². The van der Waals surface area contributed by atoms with Crippen LogP contribution in [0.3, 0.4) is 0 Å². The van der Waals surface area contributed by atoms with E-state index < -0.39 is 12.4 Å². The maximum atomic E-state index is 11.4. The molecule has 0 aromatic carbocycles. The minimum Gasteiger partial charge on any atom is -0.389 e. The Morgan fingerprint density at radius 2 is 2.00 bits per heavy atom. The van der Waals surface area contributed by atoms with E-state index in [0.717, 1.165) is 0 Å². The van der Waals surface area contributed by atoms with E-state index >= 15 is 0 Å². The highest BCUT2D eigenvalue weighted by Crippen LogP contribution is 1.85. The van der Waals surface area contributed by atoms with E-state index in [1.54, 1.807) is 0 Å². The minimum atomic E-state index is -1.59. The van der Waals surface area contributed by atoms with Gasteiger partial charge in [-0.15, -0.1) is 0 Å². The van der Waals surface area contributed by atoms with Gasteiger partial charge in [0.2, 0.25) is 0 Å². The molecule has 0 bridgehead atoms. The van der Waals surface area contributed by atoms with Crippen LogP contribution in [0.4, 0.5) is 4.39 Å². The molecule has 0 spiro atoms. The second-order valence-electron chi connectivity index (χ2n) is 1.19.